The summed E-state index contributed by atoms with van der Waals surface area (Å²) < 4.78 is 5.19. The summed E-state index contributed by atoms with van der Waals surface area (Å²) in [5.41, 5.74) is 1.48. The summed E-state index contributed by atoms with van der Waals surface area (Å²) >= 11 is 5.95. The van der Waals surface area contributed by atoms with Crippen molar-refractivity contribution < 1.29 is 14.3 Å². The number of nitrogens with zero attached hydrogens (tertiary/aromatic N) is 2. The third-order valence-corrected chi connectivity index (χ3v) is 3.90. The van der Waals surface area contributed by atoms with Gasteiger partial charge in [0, 0.05) is 30.6 Å². The van der Waals surface area contributed by atoms with E-state index in [0.29, 0.717) is 27.7 Å². The number of carbonyl (C=O) groups excluding carboxylic acids is 2. The van der Waals surface area contributed by atoms with Crippen LogP contribution in [0.5, 0.6) is 5.75 Å². The molecule has 26 heavy (non-hydrogen) atoms. The molecular formula is C19H18ClN3O3. The highest BCUT2D eigenvalue weighted by Crippen LogP contribution is 2.27. The maximum atomic E-state index is 12.3. The highest BCUT2D eigenvalue weighted by molar-refractivity contribution is 6.31. The van der Waals surface area contributed by atoms with Gasteiger partial charge in [-0.3, -0.25) is 9.59 Å². The van der Waals surface area contributed by atoms with Gasteiger partial charge in [-0.15, -0.1) is 0 Å². The smallest absolute Gasteiger partial charge is 0.226 e. The van der Waals surface area contributed by atoms with Gasteiger partial charge >= 0.3 is 0 Å². The number of methoxy groups -OCH3 is 1. The van der Waals surface area contributed by atoms with Crippen LogP contribution in [0.1, 0.15) is 18.9 Å². The molecule has 0 bridgehead atoms. The fraction of sp³-hybridized carbons (Fsp3) is 0.211. The number of benzene rings is 2. The molecule has 1 N–H and O–H groups in total. The molecule has 0 aliphatic heterocycles. The monoisotopic (exact) mass is 371 g/mol. The van der Waals surface area contributed by atoms with Crippen molar-refractivity contribution in [2.75, 3.05) is 23.9 Å². The summed E-state index contributed by atoms with van der Waals surface area (Å²) in [5, 5.41) is 12.2. The van der Waals surface area contributed by atoms with E-state index in [1.165, 1.54) is 18.9 Å². The zero-order valence-corrected chi connectivity index (χ0v) is 15.2. The van der Waals surface area contributed by atoms with E-state index >= 15 is 0 Å². The van der Waals surface area contributed by atoms with Crippen molar-refractivity contribution in [3.8, 4) is 11.8 Å². The third-order valence-electron chi connectivity index (χ3n) is 3.67. The van der Waals surface area contributed by atoms with E-state index in [-0.39, 0.29) is 24.8 Å². The second kappa shape index (κ2) is 8.88. The quantitative estimate of drug-likeness (QED) is 0.840. The number of hydrogen-bond acceptors (Lipinski definition) is 4. The van der Waals surface area contributed by atoms with Gasteiger partial charge < -0.3 is 15.0 Å². The minimum atomic E-state index is -0.284. The van der Waals surface area contributed by atoms with Gasteiger partial charge in [0.05, 0.1) is 24.4 Å². The largest absolute Gasteiger partial charge is 0.495 e. The first-order valence-corrected chi connectivity index (χ1v) is 8.24. The minimum absolute atomic E-state index is 0.0754. The van der Waals surface area contributed by atoms with Gasteiger partial charge in [-0.05, 0) is 36.4 Å². The van der Waals surface area contributed by atoms with Crippen LogP contribution in [0, 0.1) is 11.3 Å². The zero-order valence-electron chi connectivity index (χ0n) is 14.5. The van der Waals surface area contributed by atoms with Gasteiger partial charge in [0.2, 0.25) is 11.8 Å². The summed E-state index contributed by atoms with van der Waals surface area (Å²) in [7, 11) is 1.50. The molecule has 0 aromatic heterocycles. The van der Waals surface area contributed by atoms with Gasteiger partial charge in [-0.2, -0.15) is 5.26 Å². The van der Waals surface area contributed by atoms with Gasteiger partial charge in [0.1, 0.15) is 5.75 Å². The van der Waals surface area contributed by atoms with Gasteiger partial charge in [0.15, 0.2) is 0 Å². The van der Waals surface area contributed by atoms with E-state index in [1.807, 2.05) is 6.07 Å². The van der Waals surface area contributed by atoms with E-state index < -0.39 is 0 Å². The topological polar surface area (TPSA) is 82.4 Å². The zero-order chi connectivity index (χ0) is 19.1. The average molecular weight is 372 g/mol. The Labute approximate surface area is 156 Å². The van der Waals surface area contributed by atoms with Crippen molar-refractivity contribution in [1.29, 1.82) is 5.26 Å². The number of halogens is 1. The second-order valence-corrected chi connectivity index (χ2v) is 5.91. The molecule has 0 radical (unpaired) electrons. The summed E-state index contributed by atoms with van der Waals surface area (Å²) in [4.78, 5) is 25.7. The Morgan fingerprint density at radius 2 is 2.04 bits per heavy atom. The number of amides is 2. The van der Waals surface area contributed by atoms with E-state index in [2.05, 4.69) is 5.32 Å². The Hall–Kier alpha value is -3.04. The number of anilines is 2. The van der Waals surface area contributed by atoms with Crippen molar-refractivity contribution in [2.24, 2.45) is 0 Å². The third kappa shape index (κ3) is 4.98. The Bertz CT molecular complexity index is 861. The molecule has 0 aliphatic rings. The molecular weight excluding hydrogens is 354 g/mol. The van der Waals surface area contributed by atoms with Crippen LogP contribution >= 0.6 is 11.6 Å². The fourth-order valence-electron chi connectivity index (χ4n) is 2.42. The van der Waals surface area contributed by atoms with E-state index in [1.54, 1.807) is 42.5 Å². The molecule has 2 rings (SSSR count). The predicted octanol–water partition coefficient (Wildman–Crippen LogP) is 3.60. The van der Waals surface area contributed by atoms with Crippen LogP contribution in [-0.2, 0) is 9.59 Å². The molecule has 0 unspecified atom stereocenters. The van der Waals surface area contributed by atoms with E-state index in [9.17, 15) is 9.59 Å². The first-order chi connectivity index (χ1) is 12.4. The van der Waals surface area contributed by atoms with Crippen LogP contribution in [0.4, 0.5) is 11.4 Å². The highest BCUT2D eigenvalue weighted by atomic mass is 35.5. The number of hydrogen-bond donors (Lipinski definition) is 1. The first-order valence-electron chi connectivity index (χ1n) is 7.86. The molecule has 0 aliphatic carbocycles. The fourth-order valence-corrected chi connectivity index (χ4v) is 2.59. The molecule has 0 saturated heterocycles. The van der Waals surface area contributed by atoms with Gasteiger partial charge in [-0.25, -0.2) is 0 Å². The van der Waals surface area contributed by atoms with Crippen LogP contribution in [0.3, 0.4) is 0 Å². The lowest BCUT2D eigenvalue weighted by atomic mass is 10.2. The summed E-state index contributed by atoms with van der Waals surface area (Å²) in [6.45, 7) is 1.59. The lowest BCUT2D eigenvalue weighted by Gasteiger charge is -2.21. The molecule has 6 nitrogen and oxygen atoms in total. The SMILES string of the molecule is COc1ccc(Cl)cc1NC(=O)CCN(C(C)=O)c1cccc(C#N)c1. The second-order valence-electron chi connectivity index (χ2n) is 5.48. The van der Waals surface area contributed by atoms with Crippen LogP contribution in [-0.4, -0.2) is 25.5 Å². The maximum absolute atomic E-state index is 12.3. The molecule has 0 spiro atoms. The summed E-state index contributed by atoms with van der Waals surface area (Å²) in [6.07, 6.45) is 0.0754. The van der Waals surface area contributed by atoms with Crippen LogP contribution in [0.2, 0.25) is 5.02 Å². The molecule has 0 atom stereocenters. The Morgan fingerprint density at radius 3 is 2.69 bits per heavy atom. The predicted molar refractivity (Wildman–Crippen MR) is 100 cm³/mol. The molecule has 134 valence electrons. The van der Waals surface area contributed by atoms with Crippen molar-refractivity contribution in [1.82, 2.24) is 0 Å². The number of carbonyl (C=O) groups is 2. The summed E-state index contributed by atoms with van der Waals surface area (Å²) in [6, 6.07) is 13.6. The number of nitriles is 1. The first kappa shape index (κ1) is 19.3. The molecule has 0 fully saturated rings. The van der Waals surface area contributed by atoms with Crippen LogP contribution in [0.25, 0.3) is 0 Å². The number of nitrogens with one attached hydrogen (secondary N) is 1. The van der Waals surface area contributed by atoms with Crippen LogP contribution < -0.4 is 15.0 Å². The molecule has 2 amide bonds. The Balaban J connectivity index is 2.07. The maximum Gasteiger partial charge on any atom is 0.226 e. The average Bonchev–Trinajstić information content (AvgIpc) is 2.62. The van der Waals surface area contributed by atoms with E-state index in [0.717, 1.165) is 0 Å². The molecule has 7 heteroatoms. The standard InChI is InChI=1S/C19H18ClN3O3/c1-13(24)23(16-5-3-4-14(10-16)12-21)9-8-19(25)22-17-11-15(20)6-7-18(17)26-2/h3-7,10-11H,8-9H2,1-2H3,(H,22,25). The molecule has 0 saturated carbocycles. The molecule has 0 heterocycles. The number of rotatable bonds is 6. The highest BCUT2D eigenvalue weighted by Gasteiger charge is 2.15. The van der Waals surface area contributed by atoms with Crippen LogP contribution in [0.15, 0.2) is 42.5 Å². The van der Waals surface area contributed by atoms with Gasteiger partial charge in [-0.1, -0.05) is 17.7 Å². The minimum Gasteiger partial charge on any atom is -0.495 e. The molecule has 2 aromatic carbocycles. The van der Waals surface area contributed by atoms with Crippen molar-refractivity contribution in [3.63, 3.8) is 0 Å². The van der Waals surface area contributed by atoms with Crippen molar-refractivity contribution in [3.05, 3.63) is 53.1 Å². The lowest BCUT2D eigenvalue weighted by molar-refractivity contribution is -0.117. The molecule has 2 aromatic rings. The lowest BCUT2D eigenvalue weighted by Crippen LogP contribution is -2.32. The van der Waals surface area contributed by atoms with Crippen molar-refractivity contribution in [2.45, 2.75) is 13.3 Å². The Morgan fingerprint density at radius 1 is 1.27 bits per heavy atom. The normalized spacial score (nSPS) is 9.92. The number of ether oxygens (including phenoxy) is 1. The summed E-state index contributed by atoms with van der Waals surface area (Å²) in [5.74, 6) is -0.00521. The van der Waals surface area contributed by atoms with Crippen molar-refractivity contribution >= 4 is 34.8 Å². The Kier molecular flexibility index (Phi) is 6.59. The van der Waals surface area contributed by atoms with E-state index in [4.69, 9.17) is 21.6 Å². The van der Waals surface area contributed by atoms with Gasteiger partial charge in [0.25, 0.3) is 0 Å².